The summed E-state index contributed by atoms with van der Waals surface area (Å²) in [4.78, 5) is 26.7. The second-order valence-electron chi connectivity index (χ2n) is 5.51. The standard InChI is InChI=1S/C16H15Br2NO5/c17-11-8-9-7-10(16(22)24-15(9)13(18)14(11)21)12(20)1-2-19-3-5-23-6-4-19/h7-8,21H,1-6H2. The normalized spacial score (nSPS) is 15.8. The molecular weight excluding hydrogens is 446 g/mol. The van der Waals surface area contributed by atoms with E-state index in [4.69, 9.17) is 9.15 Å². The lowest BCUT2D eigenvalue weighted by Gasteiger charge is -2.26. The Labute approximate surface area is 154 Å². The number of carbonyl (C=O) groups is 1. The minimum Gasteiger partial charge on any atom is -0.505 e. The van der Waals surface area contributed by atoms with Crippen LogP contribution in [0.25, 0.3) is 11.0 Å². The van der Waals surface area contributed by atoms with Crippen molar-refractivity contribution in [2.45, 2.75) is 6.42 Å². The Morgan fingerprint density at radius 2 is 1.96 bits per heavy atom. The van der Waals surface area contributed by atoms with Crippen molar-refractivity contribution in [3.05, 3.63) is 37.1 Å². The maximum atomic E-state index is 12.4. The van der Waals surface area contributed by atoms with E-state index in [-0.39, 0.29) is 33.6 Å². The van der Waals surface area contributed by atoms with E-state index in [0.717, 1.165) is 13.1 Å². The highest BCUT2D eigenvalue weighted by atomic mass is 79.9. The maximum absolute atomic E-state index is 12.4. The van der Waals surface area contributed by atoms with Gasteiger partial charge in [-0.1, -0.05) is 0 Å². The third kappa shape index (κ3) is 3.56. The molecule has 1 aromatic carbocycles. The summed E-state index contributed by atoms with van der Waals surface area (Å²) in [6, 6.07) is 3.12. The van der Waals surface area contributed by atoms with Crippen LogP contribution < -0.4 is 5.63 Å². The van der Waals surface area contributed by atoms with Gasteiger partial charge >= 0.3 is 5.63 Å². The van der Waals surface area contributed by atoms with Crippen molar-refractivity contribution in [1.29, 1.82) is 0 Å². The number of rotatable bonds is 4. The van der Waals surface area contributed by atoms with Gasteiger partial charge in [0.1, 0.15) is 15.8 Å². The van der Waals surface area contributed by atoms with E-state index < -0.39 is 5.63 Å². The molecular formula is C16H15Br2NO5. The Kier molecular flexibility index (Phi) is 5.39. The van der Waals surface area contributed by atoms with Gasteiger partial charge in [0.2, 0.25) is 0 Å². The number of benzene rings is 1. The molecule has 0 amide bonds. The van der Waals surface area contributed by atoms with Gasteiger partial charge in [-0.3, -0.25) is 9.69 Å². The summed E-state index contributed by atoms with van der Waals surface area (Å²) in [7, 11) is 0. The molecule has 0 unspecified atom stereocenters. The minimum absolute atomic E-state index is 0.0280. The molecule has 1 aliphatic heterocycles. The predicted octanol–water partition coefficient (Wildman–Crippen LogP) is 2.93. The zero-order valence-electron chi connectivity index (χ0n) is 12.7. The number of halogens is 2. The summed E-state index contributed by atoms with van der Waals surface area (Å²) in [5.74, 6) is -0.311. The van der Waals surface area contributed by atoms with Gasteiger partial charge in [-0.25, -0.2) is 4.79 Å². The van der Waals surface area contributed by atoms with E-state index in [9.17, 15) is 14.7 Å². The van der Waals surface area contributed by atoms with Crippen LogP contribution in [0.5, 0.6) is 5.75 Å². The molecule has 2 heterocycles. The third-order valence-electron chi connectivity index (χ3n) is 3.95. The first kappa shape index (κ1) is 17.6. The van der Waals surface area contributed by atoms with Crippen molar-refractivity contribution in [2.75, 3.05) is 32.8 Å². The number of morpholine rings is 1. The lowest BCUT2D eigenvalue weighted by Crippen LogP contribution is -2.37. The minimum atomic E-state index is -0.697. The van der Waals surface area contributed by atoms with E-state index in [2.05, 4.69) is 36.8 Å². The Balaban J connectivity index is 1.86. The first-order valence-electron chi connectivity index (χ1n) is 7.45. The molecule has 1 saturated heterocycles. The lowest BCUT2D eigenvalue weighted by molar-refractivity contribution is 0.0370. The van der Waals surface area contributed by atoms with E-state index in [1.54, 1.807) is 6.07 Å². The number of ether oxygens (including phenoxy) is 1. The van der Waals surface area contributed by atoms with Crippen molar-refractivity contribution in [3.63, 3.8) is 0 Å². The Hall–Kier alpha value is -1.22. The molecule has 0 aliphatic carbocycles. The number of hydrogen-bond acceptors (Lipinski definition) is 6. The van der Waals surface area contributed by atoms with Crippen molar-refractivity contribution >= 4 is 48.6 Å². The molecule has 24 heavy (non-hydrogen) atoms. The van der Waals surface area contributed by atoms with Crippen molar-refractivity contribution in [2.24, 2.45) is 0 Å². The molecule has 0 saturated carbocycles. The molecule has 1 aromatic heterocycles. The molecule has 0 spiro atoms. The fourth-order valence-corrected chi connectivity index (χ4v) is 3.83. The number of hydrogen-bond donors (Lipinski definition) is 1. The Morgan fingerprint density at radius 1 is 1.25 bits per heavy atom. The topological polar surface area (TPSA) is 80.0 Å². The van der Waals surface area contributed by atoms with Gasteiger partial charge in [-0.05, 0) is 44.0 Å². The third-order valence-corrected chi connectivity index (χ3v) is 5.29. The first-order valence-corrected chi connectivity index (χ1v) is 9.04. The summed E-state index contributed by atoms with van der Waals surface area (Å²) in [5, 5.41) is 10.4. The SMILES string of the molecule is O=C(CCN1CCOCC1)c1cc2cc(Br)c(O)c(Br)c2oc1=O. The molecule has 1 aliphatic rings. The number of phenols is 1. The molecule has 8 heteroatoms. The van der Waals surface area contributed by atoms with Crippen LogP contribution in [-0.4, -0.2) is 48.6 Å². The number of fused-ring (bicyclic) bond motifs is 1. The van der Waals surface area contributed by atoms with Gasteiger partial charge in [0.15, 0.2) is 11.4 Å². The quantitative estimate of drug-likeness (QED) is 0.558. The highest BCUT2D eigenvalue weighted by molar-refractivity contribution is 9.11. The van der Waals surface area contributed by atoms with Crippen LogP contribution in [-0.2, 0) is 4.74 Å². The Bertz CT molecular complexity index is 842. The number of carbonyl (C=O) groups excluding carboxylic acids is 1. The van der Waals surface area contributed by atoms with E-state index in [1.165, 1.54) is 6.07 Å². The lowest BCUT2D eigenvalue weighted by atomic mass is 10.1. The zero-order chi connectivity index (χ0) is 17.3. The molecule has 3 rings (SSSR count). The Morgan fingerprint density at radius 3 is 2.67 bits per heavy atom. The molecule has 128 valence electrons. The van der Waals surface area contributed by atoms with Gasteiger partial charge < -0.3 is 14.3 Å². The molecule has 6 nitrogen and oxygen atoms in total. The fraction of sp³-hybridized carbons (Fsp3) is 0.375. The highest BCUT2D eigenvalue weighted by Crippen LogP contribution is 2.38. The predicted molar refractivity (Wildman–Crippen MR) is 95.8 cm³/mol. The van der Waals surface area contributed by atoms with Crippen LogP contribution in [0.1, 0.15) is 16.8 Å². The molecule has 0 bridgehead atoms. The molecule has 1 fully saturated rings. The second kappa shape index (κ2) is 7.35. The summed E-state index contributed by atoms with van der Waals surface area (Å²) in [6.45, 7) is 3.50. The number of Topliss-reactive ketones (excluding diaryl/α,β-unsaturated/α-hetero) is 1. The summed E-state index contributed by atoms with van der Waals surface area (Å²) in [5.41, 5.74) is -0.456. The van der Waals surface area contributed by atoms with Crippen LogP contribution in [0.2, 0.25) is 0 Å². The summed E-state index contributed by atoms with van der Waals surface area (Å²) >= 11 is 6.42. The van der Waals surface area contributed by atoms with Crippen LogP contribution >= 0.6 is 31.9 Å². The van der Waals surface area contributed by atoms with Crippen molar-refractivity contribution in [1.82, 2.24) is 4.90 Å². The average Bonchev–Trinajstić information content (AvgIpc) is 2.59. The number of phenolic OH excluding ortho intramolecular Hbond substituents is 1. The van der Waals surface area contributed by atoms with Gasteiger partial charge in [0.25, 0.3) is 0 Å². The van der Waals surface area contributed by atoms with E-state index in [0.29, 0.717) is 29.6 Å². The molecule has 2 aromatic rings. The van der Waals surface area contributed by atoms with Gasteiger partial charge in [0.05, 0.1) is 17.7 Å². The summed E-state index contributed by atoms with van der Waals surface area (Å²) in [6.07, 6.45) is 0.247. The van der Waals surface area contributed by atoms with Gasteiger partial charge in [-0.2, -0.15) is 0 Å². The number of nitrogens with zero attached hydrogens (tertiary/aromatic N) is 1. The van der Waals surface area contributed by atoms with Crippen LogP contribution in [0.15, 0.2) is 30.3 Å². The van der Waals surface area contributed by atoms with Crippen molar-refractivity contribution < 1.29 is 19.1 Å². The van der Waals surface area contributed by atoms with Crippen LogP contribution in [0.4, 0.5) is 0 Å². The second-order valence-corrected chi connectivity index (χ2v) is 7.16. The maximum Gasteiger partial charge on any atom is 0.347 e. The largest absolute Gasteiger partial charge is 0.505 e. The molecule has 1 N–H and O–H groups in total. The van der Waals surface area contributed by atoms with E-state index >= 15 is 0 Å². The number of aromatic hydroxyl groups is 1. The van der Waals surface area contributed by atoms with Gasteiger partial charge in [0, 0.05) is 31.4 Å². The first-order chi connectivity index (χ1) is 11.5. The van der Waals surface area contributed by atoms with Crippen LogP contribution in [0.3, 0.4) is 0 Å². The van der Waals surface area contributed by atoms with Gasteiger partial charge in [-0.15, -0.1) is 0 Å². The summed E-state index contributed by atoms with van der Waals surface area (Å²) < 4.78 is 11.2. The van der Waals surface area contributed by atoms with Crippen molar-refractivity contribution in [3.8, 4) is 5.75 Å². The average molecular weight is 461 g/mol. The molecule has 0 atom stereocenters. The number of ketones is 1. The highest BCUT2D eigenvalue weighted by Gasteiger charge is 2.19. The van der Waals surface area contributed by atoms with Crippen LogP contribution in [0, 0.1) is 0 Å². The molecule has 0 radical (unpaired) electrons. The smallest absolute Gasteiger partial charge is 0.347 e. The monoisotopic (exact) mass is 459 g/mol. The fourth-order valence-electron chi connectivity index (χ4n) is 2.60. The zero-order valence-corrected chi connectivity index (χ0v) is 15.9. The van der Waals surface area contributed by atoms with E-state index in [1.807, 2.05) is 0 Å².